The number of aliphatic hydroxyl groups excluding tert-OH is 1. The number of hydrogen-bond donors (Lipinski definition) is 2. The van der Waals surface area contributed by atoms with Crippen LogP contribution in [0.2, 0.25) is 0 Å². The first-order valence-electron chi connectivity index (χ1n) is 6.18. The van der Waals surface area contributed by atoms with Gasteiger partial charge in [-0.25, -0.2) is 4.68 Å². The van der Waals surface area contributed by atoms with Crippen molar-refractivity contribution in [2.75, 3.05) is 0 Å². The number of aliphatic hydroxyl groups is 1. The van der Waals surface area contributed by atoms with E-state index in [4.69, 9.17) is 5.11 Å². The number of phenolic OH excluding ortho intramolecular Hbond substituents is 1. The Hall–Kier alpha value is -2.66. The Morgan fingerprint density at radius 1 is 1.05 bits per heavy atom. The molecule has 0 atom stereocenters. The second-order valence-electron chi connectivity index (χ2n) is 4.42. The highest BCUT2D eigenvalue weighted by Crippen LogP contribution is 2.20. The number of benzene rings is 2. The molecular weight excluding hydrogens is 254 g/mol. The molecule has 5 heteroatoms. The fraction of sp³-hybridized carbons (Fsp3) is 0.0667. The Kier molecular flexibility index (Phi) is 3.18. The fourth-order valence-electron chi connectivity index (χ4n) is 1.95. The topological polar surface area (TPSA) is 71.2 Å². The van der Waals surface area contributed by atoms with E-state index >= 15 is 0 Å². The predicted molar refractivity (Wildman–Crippen MR) is 74.4 cm³/mol. The van der Waals surface area contributed by atoms with Gasteiger partial charge in [0.05, 0.1) is 18.5 Å². The van der Waals surface area contributed by atoms with Crippen LogP contribution in [0.3, 0.4) is 0 Å². The van der Waals surface area contributed by atoms with Crippen LogP contribution in [-0.4, -0.2) is 25.2 Å². The van der Waals surface area contributed by atoms with E-state index in [0.717, 1.165) is 22.5 Å². The lowest BCUT2D eigenvalue weighted by atomic mass is 10.1. The Bertz CT molecular complexity index is 720. The lowest BCUT2D eigenvalue weighted by Gasteiger charge is -2.01. The summed E-state index contributed by atoms with van der Waals surface area (Å²) in [7, 11) is 0. The Morgan fingerprint density at radius 3 is 2.60 bits per heavy atom. The predicted octanol–water partition coefficient (Wildman–Crippen LogP) is 2.13. The summed E-state index contributed by atoms with van der Waals surface area (Å²) in [5, 5.41) is 26.6. The van der Waals surface area contributed by atoms with E-state index in [1.807, 2.05) is 30.5 Å². The molecule has 2 aromatic carbocycles. The average molecular weight is 267 g/mol. The van der Waals surface area contributed by atoms with Gasteiger partial charge in [0, 0.05) is 5.56 Å². The highest BCUT2D eigenvalue weighted by Gasteiger charge is 2.05. The van der Waals surface area contributed by atoms with Crippen LogP contribution >= 0.6 is 0 Å². The first kappa shape index (κ1) is 12.4. The number of aromatic hydroxyl groups is 1. The van der Waals surface area contributed by atoms with Gasteiger partial charge in [-0.1, -0.05) is 17.3 Å². The SMILES string of the molecule is OCc1cccc(-n2cc(-c3ccc(O)cc3)nn2)c1. The van der Waals surface area contributed by atoms with Gasteiger partial charge in [-0.05, 0) is 42.0 Å². The molecule has 0 saturated heterocycles. The summed E-state index contributed by atoms with van der Waals surface area (Å²) >= 11 is 0. The monoisotopic (exact) mass is 267 g/mol. The Balaban J connectivity index is 1.95. The van der Waals surface area contributed by atoms with E-state index in [0.29, 0.717) is 0 Å². The van der Waals surface area contributed by atoms with Crippen molar-refractivity contribution in [2.24, 2.45) is 0 Å². The summed E-state index contributed by atoms with van der Waals surface area (Å²) in [4.78, 5) is 0. The van der Waals surface area contributed by atoms with Crippen LogP contribution in [0, 0.1) is 0 Å². The number of phenols is 1. The third-order valence-electron chi connectivity index (χ3n) is 3.01. The largest absolute Gasteiger partial charge is 0.508 e. The highest BCUT2D eigenvalue weighted by molar-refractivity contribution is 5.59. The maximum Gasteiger partial charge on any atom is 0.115 e. The lowest BCUT2D eigenvalue weighted by Crippen LogP contribution is -1.96. The Morgan fingerprint density at radius 2 is 1.85 bits per heavy atom. The quantitative estimate of drug-likeness (QED) is 0.762. The molecule has 20 heavy (non-hydrogen) atoms. The molecule has 0 radical (unpaired) electrons. The van der Waals surface area contributed by atoms with Crippen molar-refractivity contribution in [2.45, 2.75) is 6.61 Å². The molecule has 1 aromatic heterocycles. The molecule has 5 nitrogen and oxygen atoms in total. The highest BCUT2D eigenvalue weighted by atomic mass is 16.3. The minimum atomic E-state index is -0.00659. The molecule has 100 valence electrons. The fourth-order valence-corrected chi connectivity index (χ4v) is 1.95. The molecule has 0 aliphatic carbocycles. The second-order valence-corrected chi connectivity index (χ2v) is 4.42. The van der Waals surface area contributed by atoms with Gasteiger partial charge in [0.25, 0.3) is 0 Å². The molecule has 0 spiro atoms. The molecule has 0 bridgehead atoms. The van der Waals surface area contributed by atoms with Crippen LogP contribution in [0.1, 0.15) is 5.56 Å². The van der Waals surface area contributed by atoms with Crippen molar-refractivity contribution in [3.8, 4) is 22.7 Å². The molecular formula is C15H13N3O2. The standard InChI is InChI=1S/C15H13N3O2/c19-10-11-2-1-3-13(8-11)18-9-15(16-17-18)12-4-6-14(20)7-5-12/h1-9,19-20H,10H2. The first-order valence-corrected chi connectivity index (χ1v) is 6.18. The van der Waals surface area contributed by atoms with Crippen molar-refractivity contribution in [1.82, 2.24) is 15.0 Å². The Labute approximate surface area is 115 Å². The van der Waals surface area contributed by atoms with Gasteiger partial charge in [0.2, 0.25) is 0 Å². The molecule has 1 heterocycles. The van der Waals surface area contributed by atoms with E-state index < -0.39 is 0 Å². The zero-order chi connectivity index (χ0) is 13.9. The van der Waals surface area contributed by atoms with Gasteiger partial charge in [-0.15, -0.1) is 5.10 Å². The number of hydrogen-bond acceptors (Lipinski definition) is 4. The zero-order valence-corrected chi connectivity index (χ0v) is 10.6. The summed E-state index contributed by atoms with van der Waals surface area (Å²) in [6, 6.07) is 14.3. The van der Waals surface area contributed by atoms with Crippen molar-refractivity contribution in [3.63, 3.8) is 0 Å². The molecule has 0 amide bonds. The molecule has 3 rings (SSSR count). The molecule has 0 aliphatic rings. The second kappa shape index (κ2) is 5.14. The number of rotatable bonds is 3. The van der Waals surface area contributed by atoms with Crippen molar-refractivity contribution >= 4 is 0 Å². The minimum absolute atomic E-state index is 0.00659. The van der Waals surface area contributed by atoms with E-state index in [1.54, 1.807) is 28.9 Å². The molecule has 3 aromatic rings. The van der Waals surface area contributed by atoms with Crippen LogP contribution in [0.15, 0.2) is 54.7 Å². The van der Waals surface area contributed by atoms with Gasteiger partial charge >= 0.3 is 0 Å². The lowest BCUT2D eigenvalue weighted by molar-refractivity contribution is 0.282. The van der Waals surface area contributed by atoms with Crippen LogP contribution in [0.4, 0.5) is 0 Å². The molecule has 0 fully saturated rings. The van der Waals surface area contributed by atoms with E-state index in [2.05, 4.69) is 10.3 Å². The van der Waals surface area contributed by atoms with Crippen LogP contribution < -0.4 is 0 Å². The normalized spacial score (nSPS) is 10.7. The van der Waals surface area contributed by atoms with E-state index in [1.165, 1.54) is 0 Å². The van der Waals surface area contributed by atoms with E-state index in [9.17, 15) is 5.11 Å². The number of aromatic nitrogens is 3. The first-order chi connectivity index (χ1) is 9.76. The number of nitrogens with zero attached hydrogens (tertiary/aromatic N) is 3. The van der Waals surface area contributed by atoms with Crippen LogP contribution in [0.25, 0.3) is 16.9 Å². The molecule has 2 N–H and O–H groups in total. The zero-order valence-electron chi connectivity index (χ0n) is 10.6. The molecule has 0 saturated carbocycles. The average Bonchev–Trinajstić information content (AvgIpc) is 2.98. The summed E-state index contributed by atoms with van der Waals surface area (Å²) in [6.07, 6.45) is 1.81. The van der Waals surface area contributed by atoms with Crippen molar-refractivity contribution < 1.29 is 10.2 Å². The van der Waals surface area contributed by atoms with Gasteiger partial charge < -0.3 is 10.2 Å². The van der Waals surface area contributed by atoms with E-state index in [-0.39, 0.29) is 12.4 Å². The van der Waals surface area contributed by atoms with Crippen molar-refractivity contribution in [1.29, 1.82) is 0 Å². The summed E-state index contributed by atoms with van der Waals surface area (Å²) < 4.78 is 1.65. The maximum absolute atomic E-state index is 9.28. The minimum Gasteiger partial charge on any atom is -0.508 e. The van der Waals surface area contributed by atoms with Crippen LogP contribution in [0.5, 0.6) is 5.75 Å². The summed E-state index contributed by atoms with van der Waals surface area (Å²) in [5.74, 6) is 0.219. The molecule has 0 aliphatic heterocycles. The molecule has 0 unspecified atom stereocenters. The third-order valence-corrected chi connectivity index (χ3v) is 3.01. The van der Waals surface area contributed by atoms with Gasteiger partial charge in [-0.2, -0.15) is 0 Å². The van der Waals surface area contributed by atoms with Crippen LogP contribution in [-0.2, 0) is 6.61 Å². The summed E-state index contributed by atoms with van der Waals surface area (Å²) in [5.41, 5.74) is 3.27. The van der Waals surface area contributed by atoms with Gasteiger partial charge in [0.1, 0.15) is 11.4 Å². The smallest absolute Gasteiger partial charge is 0.115 e. The van der Waals surface area contributed by atoms with Gasteiger partial charge in [0.15, 0.2) is 0 Å². The van der Waals surface area contributed by atoms with Crippen molar-refractivity contribution in [3.05, 3.63) is 60.3 Å². The van der Waals surface area contributed by atoms with Gasteiger partial charge in [-0.3, -0.25) is 0 Å². The maximum atomic E-state index is 9.28. The summed E-state index contributed by atoms with van der Waals surface area (Å²) in [6.45, 7) is -0.00659. The third kappa shape index (κ3) is 2.39.